The molecule has 4 rings (SSSR count). The highest BCUT2D eigenvalue weighted by molar-refractivity contribution is 6.30. The van der Waals surface area contributed by atoms with Gasteiger partial charge in [-0.3, -0.25) is 4.79 Å². The van der Waals surface area contributed by atoms with Crippen molar-refractivity contribution in [3.8, 4) is 5.69 Å². The Bertz CT molecular complexity index is 1350. The monoisotopic (exact) mass is 449 g/mol. The van der Waals surface area contributed by atoms with Crippen LogP contribution in [0.3, 0.4) is 0 Å². The number of fused-ring (bicyclic) bond motifs is 1. The Kier molecular flexibility index (Phi) is 5.76. The number of carbonyl (C=O) groups is 1. The minimum atomic E-state index is -0.361. The van der Waals surface area contributed by atoms with Crippen LogP contribution in [-0.2, 0) is 12.0 Å². The third-order valence-electron chi connectivity index (χ3n) is 5.05. The Balaban J connectivity index is 1.56. The molecule has 164 valence electrons. The fraction of sp³-hybridized carbons (Fsp3) is 0.208. The van der Waals surface area contributed by atoms with Crippen LogP contribution in [0.5, 0.6) is 0 Å². The minimum absolute atomic E-state index is 0.152. The number of carbonyl (C=O) groups excluding carboxylic acids is 1. The highest BCUT2D eigenvalue weighted by Crippen LogP contribution is 2.25. The second kappa shape index (κ2) is 8.51. The van der Waals surface area contributed by atoms with Crippen LogP contribution in [-0.4, -0.2) is 20.8 Å². The van der Waals surface area contributed by atoms with Crippen LogP contribution in [0.15, 0.2) is 65.5 Å². The number of urea groups is 1. The number of nitrogens with zero attached hydrogens (tertiary/aromatic N) is 2. The summed E-state index contributed by atoms with van der Waals surface area (Å²) in [6.07, 6.45) is 0. The number of pyridine rings is 1. The number of halogens is 1. The number of rotatable bonds is 4. The third-order valence-corrected chi connectivity index (χ3v) is 5.28. The molecule has 0 aliphatic heterocycles. The van der Waals surface area contributed by atoms with E-state index in [1.807, 2.05) is 30.3 Å². The lowest BCUT2D eigenvalue weighted by molar-refractivity contribution is 0.251. The highest BCUT2D eigenvalue weighted by atomic mass is 35.5. The van der Waals surface area contributed by atoms with Crippen LogP contribution in [0, 0.1) is 0 Å². The first kappa shape index (κ1) is 21.6. The van der Waals surface area contributed by atoms with Crippen LogP contribution < -0.4 is 16.2 Å². The molecule has 32 heavy (non-hydrogen) atoms. The van der Waals surface area contributed by atoms with E-state index in [1.54, 1.807) is 28.9 Å². The van der Waals surface area contributed by atoms with Crippen LogP contribution in [0.4, 0.5) is 10.5 Å². The van der Waals surface area contributed by atoms with Crippen molar-refractivity contribution in [1.82, 2.24) is 20.1 Å². The van der Waals surface area contributed by atoms with E-state index >= 15 is 0 Å². The van der Waals surface area contributed by atoms with Gasteiger partial charge in [0.25, 0.3) is 0 Å². The number of hydrogen-bond donors (Lipinski definition) is 3. The maximum Gasteiger partial charge on any atom is 0.319 e. The van der Waals surface area contributed by atoms with Crippen molar-refractivity contribution in [3.05, 3.63) is 87.4 Å². The molecule has 2 amide bonds. The number of anilines is 1. The molecule has 7 nitrogen and oxygen atoms in total. The average Bonchev–Trinajstić information content (AvgIpc) is 3.17. The quantitative estimate of drug-likeness (QED) is 0.410. The molecule has 0 bridgehead atoms. The van der Waals surface area contributed by atoms with Gasteiger partial charge in [0.05, 0.1) is 34.8 Å². The van der Waals surface area contributed by atoms with Gasteiger partial charge in [-0.2, -0.15) is 5.10 Å². The number of benzene rings is 2. The first-order valence-electron chi connectivity index (χ1n) is 10.2. The first-order chi connectivity index (χ1) is 15.2. The van der Waals surface area contributed by atoms with E-state index in [1.165, 1.54) is 6.07 Å². The molecular weight excluding hydrogens is 426 g/mol. The molecular formula is C24H24ClN5O2. The van der Waals surface area contributed by atoms with Gasteiger partial charge in [-0.1, -0.05) is 44.5 Å². The Labute approximate surface area is 190 Å². The third kappa shape index (κ3) is 4.68. The summed E-state index contributed by atoms with van der Waals surface area (Å²) in [6.45, 7) is 6.54. The second-order valence-corrected chi connectivity index (χ2v) is 9.00. The zero-order chi connectivity index (χ0) is 22.9. The molecule has 0 spiro atoms. The standard InChI is InChI=1S/C24H24ClN5O2/c1-24(2,3)21-13-17(30(29-21)16-7-4-6-15(25)12-16)14-26-23(32)28-20-9-5-8-19-18(20)10-11-22(31)27-19/h4-13H,14H2,1-3H3,(H,27,31)(H2,26,28,32). The van der Waals surface area contributed by atoms with E-state index in [4.69, 9.17) is 16.7 Å². The minimum Gasteiger partial charge on any atom is -0.332 e. The molecule has 2 aromatic carbocycles. The van der Waals surface area contributed by atoms with Gasteiger partial charge in [0.15, 0.2) is 0 Å². The molecule has 2 heterocycles. The Morgan fingerprint density at radius 3 is 2.62 bits per heavy atom. The van der Waals surface area contributed by atoms with Gasteiger partial charge >= 0.3 is 6.03 Å². The predicted molar refractivity (Wildman–Crippen MR) is 128 cm³/mol. The molecule has 0 saturated carbocycles. The largest absolute Gasteiger partial charge is 0.332 e. The van der Waals surface area contributed by atoms with E-state index in [0.29, 0.717) is 16.2 Å². The molecule has 0 atom stereocenters. The van der Waals surface area contributed by atoms with E-state index in [-0.39, 0.29) is 23.6 Å². The summed E-state index contributed by atoms with van der Waals surface area (Å²) in [5.74, 6) is 0. The lowest BCUT2D eigenvalue weighted by atomic mass is 9.92. The Hall–Kier alpha value is -3.58. The summed E-state index contributed by atoms with van der Waals surface area (Å²) in [7, 11) is 0. The molecule has 3 N–H and O–H groups in total. The van der Waals surface area contributed by atoms with Gasteiger partial charge in [-0.05, 0) is 42.5 Å². The van der Waals surface area contributed by atoms with E-state index in [0.717, 1.165) is 22.5 Å². The first-order valence-corrected chi connectivity index (χ1v) is 10.6. The van der Waals surface area contributed by atoms with Crippen LogP contribution in [0.2, 0.25) is 5.02 Å². The molecule has 0 fully saturated rings. The van der Waals surface area contributed by atoms with Crippen molar-refractivity contribution in [2.24, 2.45) is 0 Å². The molecule has 0 unspecified atom stereocenters. The maximum absolute atomic E-state index is 12.7. The summed E-state index contributed by atoms with van der Waals surface area (Å²) in [5, 5.41) is 11.9. The molecule has 8 heteroatoms. The number of amides is 2. The van der Waals surface area contributed by atoms with Crippen molar-refractivity contribution < 1.29 is 4.79 Å². The number of aromatic amines is 1. The topological polar surface area (TPSA) is 91.8 Å². The predicted octanol–water partition coefficient (Wildman–Crippen LogP) is 4.99. The number of H-pyrrole nitrogens is 1. The van der Waals surface area contributed by atoms with E-state index < -0.39 is 0 Å². The van der Waals surface area contributed by atoms with Crippen LogP contribution >= 0.6 is 11.6 Å². The molecule has 4 aromatic rings. The smallest absolute Gasteiger partial charge is 0.319 e. The van der Waals surface area contributed by atoms with E-state index in [9.17, 15) is 9.59 Å². The second-order valence-electron chi connectivity index (χ2n) is 8.56. The summed E-state index contributed by atoms with van der Waals surface area (Å²) in [6, 6.07) is 17.5. The number of hydrogen-bond acceptors (Lipinski definition) is 3. The van der Waals surface area contributed by atoms with Crippen molar-refractivity contribution >= 4 is 34.2 Å². The van der Waals surface area contributed by atoms with Gasteiger partial charge in [-0.25, -0.2) is 9.48 Å². The summed E-state index contributed by atoms with van der Waals surface area (Å²) in [5.41, 5.74) is 3.48. The van der Waals surface area contributed by atoms with Crippen LogP contribution in [0.1, 0.15) is 32.2 Å². The van der Waals surface area contributed by atoms with Crippen molar-refractivity contribution in [2.45, 2.75) is 32.7 Å². The van der Waals surface area contributed by atoms with E-state index in [2.05, 4.69) is 36.4 Å². The summed E-state index contributed by atoms with van der Waals surface area (Å²) < 4.78 is 1.80. The van der Waals surface area contributed by atoms with Crippen molar-refractivity contribution in [3.63, 3.8) is 0 Å². The van der Waals surface area contributed by atoms with Crippen LogP contribution in [0.25, 0.3) is 16.6 Å². The average molecular weight is 450 g/mol. The maximum atomic E-state index is 12.7. The Morgan fingerprint density at radius 1 is 1.09 bits per heavy atom. The summed E-state index contributed by atoms with van der Waals surface area (Å²) >= 11 is 6.18. The molecule has 0 aliphatic carbocycles. The van der Waals surface area contributed by atoms with Gasteiger partial charge in [0.1, 0.15) is 0 Å². The fourth-order valence-corrected chi connectivity index (χ4v) is 3.56. The van der Waals surface area contributed by atoms with Gasteiger partial charge in [0.2, 0.25) is 5.56 Å². The molecule has 0 aliphatic rings. The zero-order valence-electron chi connectivity index (χ0n) is 18.1. The normalized spacial score (nSPS) is 11.5. The zero-order valence-corrected chi connectivity index (χ0v) is 18.8. The molecule has 0 radical (unpaired) electrons. The SMILES string of the molecule is CC(C)(C)c1cc(CNC(=O)Nc2cccc3[nH]c(=O)ccc23)n(-c2cccc(Cl)c2)n1. The van der Waals surface area contributed by atoms with Gasteiger partial charge in [-0.15, -0.1) is 0 Å². The molecule has 2 aromatic heterocycles. The highest BCUT2D eigenvalue weighted by Gasteiger charge is 2.21. The summed E-state index contributed by atoms with van der Waals surface area (Å²) in [4.78, 5) is 27.0. The van der Waals surface area contributed by atoms with Crippen molar-refractivity contribution in [2.75, 3.05) is 5.32 Å². The lowest BCUT2D eigenvalue weighted by Gasteiger charge is -2.14. The number of aromatic nitrogens is 3. The fourth-order valence-electron chi connectivity index (χ4n) is 3.38. The van der Waals surface area contributed by atoms with Crippen molar-refractivity contribution in [1.29, 1.82) is 0 Å². The Morgan fingerprint density at radius 2 is 1.88 bits per heavy atom. The van der Waals surface area contributed by atoms with Gasteiger partial charge in [0, 0.05) is 21.9 Å². The number of nitrogens with one attached hydrogen (secondary N) is 3. The van der Waals surface area contributed by atoms with Gasteiger partial charge < -0.3 is 15.6 Å². The lowest BCUT2D eigenvalue weighted by Crippen LogP contribution is -2.29. The molecule has 0 saturated heterocycles.